The van der Waals surface area contributed by atoms with Crippen molar-refractivity contribution >= 4 is 19.0 Å². The number of carbonyl (C=O) groups is 2. The second-order valence-electron chi connectivity index (χ2n) is 5.82. The molecule has 0 aromatic rings. The number of rotatable bonds is 6. The molecule has 7 N–H and O–H groups in total. The molecule has 1 rings (SSSR count). The molecule has 8 nitrogen and oxygen atoms in total. The van der Waals surface area contributed by atoms with Crippen molar-refractivity contribution in [2.75, 3.05) is 13.1 Å². The fraction of sp³-hybridized carbons (Fsp3) is 0.833. The Morgan fingerprint density at radius 3 is 2.57 bits per heavy atom. The lowest BCUT2D eigenvalue weighted by Gasteiger charge is -2.42. The molecule has 0 unspecified atom stereocenters. The Morgan fingerprint density at radius 2 is 2.10 bits per heavy atom. The number of piperidine rings is 1. The molecular weight excluding hydrogens is 277 g/mol. The highest BCUT2D eigenvalue weighted by Gasteiger charge is 2.44. The van der Waals surface area contributed by atoms with E-state index in [4.69, 9.17) is 21.5 Å². The van der Waals surface area contributed by atoms with Crippen molar-refractivity contribution in [2.45, 2.75) is 44.1 Å². The van der Waals surface area contributed by atoms with Gasteiger partial charge in [-0.25, -0.2) is 0 Å². The van der Waals surface area contributed by atoms with Gasteiger partial charge in [0, 0.05) is 13.1 Å². The first kappa shape index (κ1) is 17.9. The monoisotopic (exact) mass is 301 g/mol. The van der Waals surface area contributed by atoms with Crippen LogP contribution in [0.4, 0.5) is 0 Å². The van der Waals surface area contributed by atoms with E-state index < -0.39 is 24.7 Å². The van der Waals surface area contributed by atoms with Crippen LogP contribution in [0.25, 0.3) is 0 Å². The average molecular weight is 301 g/mol. The largest absolute Gasteiger partial charge is 0.480 e. The first-order chi connectivity index (χ1) is 9.69. The van der Waals surface area contributed by atoms with Crippen molar-refractivity contribution in [1.29, 1.82) is 0 Å². The number of likely N-dealkylation sites (tertiary alicyclic amines) is 1. The van der Waals surface area contributed by atoms with Crippen molar-refractivity contribution < 1.29 is 24.7 Å². The van der Waals surface area contributed by atoms with E-state index >= 15 is 0 Å². The third kappa shape index (κ3) is 4.67. The molecule has 0 aromatic carbocycles. The summed E-state index contributed by atoms with van der Waals surface area (Å²) in [6.45, 7) is 2.04. The zero-order valence-corrected chi connectivity index (χ0v) is 12.2. The molecule has 1 fully saturated rings. The Balaban J connectivity index is 2.84. The predicted molar refractivity (Wildman–Crippen MR) is 77.1 cm³/mol. The molecule has 1 amide bonds. The molecular formula is C12H24BN3O5. The van der Waals surface area contributed by atoms with Gasteiger partial charge in [0.1, 0.15) is 5.54 Å². The van der Waals surface area contributed by atoms with Crippen LogP contribution in [-0.4, -0.2) is 63.7 Å². The fourth-order valence-corrected chi connectivity index (χ4v) is 2.67. The topological polar surface area (TPSA) is 150 Å². The van der Waals surface area contributed by atoms with Crippen LogP contribution in [-0.2, 0) is 9.59 Å². The number of amides is 1. The SMILES string of the molecule is CC[C@H](N)C(=O)N1C[C@@H](CCB(O)O)C[C@](N)(C(=O)O)C1. The molecule has 0 spiro atoms. The average Bonchev–Trinajstić information content (AvgIpc) is 2.42. The van der Waals surface area contributed by atoms with Crippen molar-refractivity contribution in [3.05, 3.63) is 0 Å². The van der Waals surface area contributed by atoms with Crippen LogP contribution in [0.15, 0.2) is 0 Å². The molecule has 0 aliphatic carbocycles. The van der Waals surface area contributed by atoms with Gasteiger partial charge >= 0.3 is 13.1 Å². The first-order valence-corrected chi connectivity index (χ1v) is 7.12. The maximum atomic E-state index is 12.2. The summed E-state index contributed by atoms with van der Waals surface area (Å²) in [4.78, 5) is 24.9. The molecule has 120 valence electrons. The number of aliphatic carboxylic acids is 1. The third-order valence-corrected chi connectivity index (χ3v) is 3.93. The van der Waals surface area contributed by atoms with Crippen LogP contribution in [0.3, 0.4) is 0 Å². The zero-order valence-electron chi connectivity index (χ0n) is 12.2. The summed E-state index contributed by atoms with van der Waals surface area (Å²) in [6.07, 6.45) is 1.15. The Labute approximate surface area is 124 Å². The highest BCUT2D eigenvalue weighted by atomic mass is 16.4. The Morgan fingerprint density at radius 1 is 1.48 bits per heavy atom. The lowest BCUT2D eigenvalue weighted by molar-refractivity contribution is -0.149. The second kappa shape index (κ2) is 7.21. The number of nitrogens with two attached hydrogens (primary N) is 2. The number of hydrogen-bond acceptors (Lipinski definition) is 6. The minimum absolute atomic E-state index is 0.0763. The van der Waals surface area contributed by atoms with Crippen molar-refractivity contribution in [3.63, 3.8) is 0 Å². The molecule has 0 radical (unpaired) electrons. The Kier molecular flexibility index (Phi) is 6.15. The number of hydrogen-bond donors (Lipinski definition) is 5. The van der Waals surface area contributed by atoms with Gasteiger partial charge < -0.3 is 31.5 Å². The lowest BCUT2D eigenvalue weighted by Crippen LogP contribution is -2.64. The van der Waals surface area contributed by atoms with Crippen LogP contribution < -0.4 is 11.5 Å². The predicted octanol–water partition coefficient (Wildman–Crippen LogP) is -1.78. The molecule has 9 heteroatoms. The highest BCUT2D eigenvalue weighted by Crippen LogP contribution is 2.28. The number of carbonyl (C=O) groups excluding carboxylic acids is 1. The van der Waals surface area contributed by atoms with Crippen molar-refractivity contribution in [3.8, 4) is 0 Å². The van der Waals surface area contributed by atoms with E-state index in [1.165, 1.54) is 4.90 Å². The number of carboxylic acids is 1. The van der Waals surface area contributed by atoms with Gasteiger partial charge in [0.2, 0.25) is 5.91 Å². The van der Waals surface area contributed by atoms with Gasteiger partial charge in [0.15, 0.2) is 0 Å². The third-order valence-electron chi connectivity index (χ3n) is 3.93. The minimum Gasteiger partial charge on any atom is -0.480 e. The van der Waals surface area contributed by atoms with Crippen LogP contribution in [0.5, 0.6) is 0 Å². The summed E-state index contributed by atoms with van der Waals surface area (Å²) in [7, 11) is -1.45. The standard InChI is InChI=1S/C12H24BN3O5/c1-2-9(14)10(17)16-6-8(3-4-13(20)21)5-12(15,7-16)11(18)19/h8-9,20-21H,2-7,14-15H2,1H3,(H,18,19)/t8-,9-,12+/m0/s1. The van der Waals surface area contributed by atoms with Gasteiger partial charge in [0.25, 0.3) is 0 Å². The molecule has 0 bridgehead atoms. The molecule has 0 aromatic heterocycles. The van der Waals surface area contributed by atoms with Gasteiger partial charge in [-0.1, -0.05) is 13.3 Å². The summed E-state index contributed by atoms with van der Waals surface area (Å²) in [5, 5.41) is 27.2. The van der Waals surface area contributed by atoms with E-state index in [9.17, 15) is 14.7 Å². The minimum atomic E-state index is -1.52. The molecule has 1 aliphatic rings. The van der Waals surface area contributed by atoms with Crippen molar-refractivity contribution in [1.82, 2.24) is 4.90 Å². The normalized spacial score (nSPS) is 27.3. The van der Waals surface area contributed by atoms with Gasteiger partial charge in [0.05, 0.1) is 6.04 Å². The van der Waals surface area contributed by atoms with Gasteiger partial charge in [-0.3, -0.25) is 9.59 Å². The second-order valence-corrected chi connectivity index (χ2v) is 5.82. The zero-order chi connectivity index (χ0) is 16.2. The summed E-state index contributed by atoms with van der Waals surface area (Å²) in [6, 6.07) is -0.676. The molecule has 21 heavy (non-hydrogen) atoms. The fourth-order valence-electron chi connectivity index (χ4n) is 2.67. The summed E-state index contributed by atoms with van der Waals surface area (Å²) < 4.78 is 0. The molecule has 0 saturated carbocycles. The summed E-state index contributed by atoms with van der Waals surface area (Å²) in [5.74, 6) is -1.68. The Bertz CT molecular complexity index is 395. The summed E-state index contributed by atoms with van der Waals surface area (Å²) >= 11 is 0. The quantitative estimate of drug-likeness (QED) is 0.364. The lowest BCUT2D eigenvalue weighted by atomic mass is 9.75. The van der Waals surface area contributed by atoms with E-state index in [0.29, 0.717) is 19.4 Å². The molecule has 3 atom stereocenters. The maximum absolute atomic E-state index is 12.2. The smallest absolute Gasteiger partial charge is 0.451 e. The maximum Gasteiger partial charge on any atom is 0.451 e. The van der Waals surface area contributed by atoms with Gasteiger partial charge in [-0.2, -0.15) is 0 Å². The van der Waals surface area contributed by atoms with E-state index in [1.807, 2.05) is 0 Å². The van der Waals surface area contributed by atoms with Gasteiger partial charge in [-0.05, 0) is 25.1 Å². The van der Waals surface area contributed by atoms with Crippen LogP contribution in [0, 0.1) is 5.92 Å². The summed E-state index contributed by atoms with van der Waals surface area (Å²) in [5.41, 5.74) is 10.1. The van der Waals surface area contributed by atoms with E-state index in [2.05, 4.69) is 0 Å². The van der Waals surface area contributed by atoms with Crippen LogP contribution in [0.2, 0.25) is 6.32 Å². The van der Waals surface area contributed by atoms with E-state index in [-0.39, 0.29) is 31.1 Å². The molecule has 1 aliphatic heterocycles. The Hall–Kier alpha value is -1.16. The van der Waals surface area contributed by atoms with Crippen LogP contribution >= 0.6 is 0 Å². The molecule has 1 saturated heterocycles. The van der Waals surface area contributed by atoms with Crippen LogP contribution in [0.1, 0.15) is 26.2 Å². The number of nitrogens with zero attached hydrogens (tertiary/aromatic N) is 1. The number of carboxylic acid groups (broad SMARTS) is 1. The van der Waals surface area contributed by atoms with E-state index in [0.717, 1.165) is 0 Å². The highest BCUT2D eigenvalue weighted by molar-refractivity contribution is 6.40. The van der Waals surface area contributed by atoms with E-state index in [1.54, 1.807) is 6.92 Å². The van der Waals surface area contributed by atoms with Gasteiger partial charge in [-0.15, -0.1) is 0 Å². The first-order valence-electron chi connectivity index (χ1n) is 7.12. The van der Waals surface area contributed by atoms with Crippen molar-refractivity contribution in [2.24, 2.45) is 17.4 Å². The molecule has 1 heterocycles.